The molecule has 15 heavy (non-hydrogen) atoms. The molecule has 0 radical (unpaired) electrons. The van der Waals surface area contributed by atoms with Crippen LogP contribution in [0, 0.1) is 0 Å². The molecule has 1 atom stereocenters. The molecule has 1 N–H and O–H groups in total. The van der Waals surface area contributed by atoms with Gasteiger partial charge in [-0.25, -0.2) is 0 Å². The molecule has 0 aromatic heterocycles. The Hall–Kier alpha value is -0.930. The number of fused-ring (bicyclic) bond motifs is 1. The summed E-state index contributed by atoms with van der Waals surface area (Å²) in [5.41, 5.74) is 1.31. The Morgan fingerprint density at radius 3 is 2.53 bits per heavy atom. The van der Waals surface area contributed by atoms with Crippen LogP contribution in [0.2, 0.25) is 0 Å². The van der Waals surface area contributed by atoms with Crippen LogP contribution in [0.3, 0.4) is 0 Å². The first-order chi connectivity index (χ1) is 6.93. The quantitative estimate of drug-likeness (QED) is 0.795. The van der Waals surface area contributed by atoms with Crippen molar-refractivity contribution in [3.05, 3.63) is 23.8 Å². The van der Waals surface area contributed by atoms with Crippen LogP contribution in [0.25, 0.3) is 0 Å². The summed E-state index contributed by atoms with van der Waals surface area (Å²) in [4.78, 5) is 0. The molecule has 1 aromatic carbocycles. The van der Waals surface area contributed by atoms with Crippen molar-refractivity contribution in [1.82, 2.24) is 5.32 Å². The molecule has 0 amide bonds. The number of nitrogens with one attached hydrogen (secondary N) is 1. The van der Waals surface area contributed by atoms with E-state index in [9.17, 15) is 0 Å². The number of halogens is 1. The fraction of sp³-hybridized carbons (Fsp3) is 0.455. The number of ether oxygens (including phenoxy) is 2. The highest BCUT2D eigenvalue weighted by Crippen LogP contribution is 2.34. The lowest BCUT2D eigenvalue weighted by molar-refractivity contribution is 0.171. The molecular weight excluding hydrogens is 214 g/mol. The largest absolute Gasteiger partial charge is 0.486 e. The molecule has 1 aromatic rings. The van der Waals surface area contributed by atoms with Crippen molar-refractivity contribution in [1.29, 1.82) is 0 Å². The Labute approximate surface area is 95.2 Å². The minimum absolute atomic E-state index is 0. The van der Waals surface area contributed by atoms with Crippen molar-refractivity contribution in [2.24, 2.45) is 0 Å². The maximum absolute atomic E-state index is 5.53. The molecule has 1 saturated heterocycles. The van der Waals surface area contributed by atoms with E-state index in [1.807, 2.05) is 6.07 Å². The van der Waals surface area contributed by atoms with Crippen molar-refractivity contribution in [3.8, 4) is 11.5 Å². The summed E-state index contributed by atoms with van der Waals surface area (Å²) in [5, 5.41) is 3.37. The summed E-state index contributed by atoms with van der Waals surface area (Å²) in [7, 11) is 0. The molecule has 2 heterocycles. The van der Waals surface area contributed by atoms with Crippen molar-refractivity contribution >= 4 is 12.4 Å². The zero-order valence-corrected chi connectivity index (χ0v) is 9.18. The number of hydrogen-bond donors (Lipinski definition) is 1. The molecule has 3 nitrogen and oxygen atoms in total. The standard InChI is InChI=1S/C11H13NO2.ClH/c1-2-10-11(14-6-5-13-10)7-8(1)9-3-4-12-9;/h1-2,7,9,12H,3-6H2;1H/t9-;/m1./s1. The van der Waals surface area contributed by atoms with Gasteiger partial charge < -0.3 is 14.8 Å². The van der Waals surface area contributed by atoms with Gasteiger partial charge in [-0.05, 0) is 30.7 Å². The average Bonchev–Trinajstić information content (AvgIpc) is 2.15. The Balaban J connectivity index is 0.000000853. The summed E-state index contributed by atoms with van der Waals surface area (Å²) < 4.78 is 11.0. The van der Waals surface area contributed by atoms with Gasteiger partial charge in [-0.1, -0.05) is 6.07 Å². The molecule has 2 aliphatic heterocycles. The third-order valence-electron chi connectivity index (χ3n) is 2.79. The minimum Gasteiger partial charge on any atom is -0.486 e. The summed E-state index contributed by atoms with van der Waals surface area (Å²) >= 11 is 0. The predicted molar refractivity (Wildman–Crippen MR) is 60.0 cm³/mol. The molecule has 1 fully saturated rings. The van der Waals surface area contributed by atoms with Gasteiger partial charge in [0.1, 0.15) is 13.2 Å². The Morgan fingerprint density at radius 1 is 1.13 bits per heavy atom. The monoisotopic (exact) mass is 227 g/mol. The SMILES string of the molecule is Cl.c1cc2c(cc1[C@H]1CCN1)OCCO2. The third kappa shape index (κ3) is 1.90. The van der Waals surface area contributed by atoms with Gasteiger partial charge in [-0.15, -0.1) is 12.4 Å². The van der Waals surface area contributed by atoms with Gasteiger partial charge >= 0.3 is 0 Å². The summed E-state index contributed by atoms with van der Waals surface area (Å²) in [5.74, 6) is 1.77. The molecule has 0 bridgehead atoms. The zero-order chi connectivity index (χ0) is 9.38. The van der Waals surface area contributed by atoms with Crippen LogP contribution in [0.4, 0.5) is 0 Å². The zero-order valence-electron chi connectivity index (χ0n) is 8.36. The fourth-order valence-corrected chi connectivity index (χ4v) is 1.85. The second kappa shape index (κ2) is 4.29. The highest BCUT2D eigenvalue weighted by molar-refractivity contribution is 5.85. The molecular formula is C11H14ClNO2. The highest BCUT2D eigenvalue weighted by Gasteiger charge is 2.20. The van der Waals surface area contributed by atoms with Crippen LogP contribution in [0.1, 0.15) is 18.0 Å². The lowest BCUT2D eigenvalue weighted by Gasteiger charge is -2.29. The third-order valence-corrected chi connectivity index (χ3v) is 2.79. The van der Waals surface area contributed by atoms with Gasteiger partial charge in [0.2, 0.25) is 0 Å². The Kier molecular flexibility index (Phi) is 3.03. The van der Waals surface area contributed by atoms with Crippen LogP contribution in [0.5, 0.6) is 11.5 Å². The number of rotatable bonds is 1. The second-order valence-electron chi connectivity index (χ2n) is 3.70. The van der Waals surface area contributed by atoms with E-state index >= 15 is 0 Å². The molecule has 0 spiro atoms. The van der Waals surface area contributed by atoms with Crippen molar-refractivity contribution in [2.45, 2.75) is 12.5 Å². The van der Waals surface area contributed by atoms with Gasteiger partial charge in [0.05, 0.1) is 0 Å². The first-order valence-corrected chi connectivity index (χ1v) is 5.06. The smallest absolute Gasteiger partial charge is 0.161 e. The first kappa shape index (κ1) is 10.6. The maximum atomic E-state index is 5.53. The van der Waals surface area contributed by atoms with E-state index in [0.29, 0.717) is 19.3 Å². The van der Waals surface area contributed by atoms with Crippen LogP contribution >= 0.6 is 12.4 Å². The molecule has 82 valence electrons. The van der Waals surface area contributed by atoms with Crippen LogP contribution in [-0.2, 0) is 0 Å². The normalized spacial score (nSPS) is 22.5. The molecule has 0 saturated carbocycles. The van der Waals surface area contributed by atoms with E-state index in [1.54, 1.807) is 0 Å². The van der Waals surface area contributed by atoms with Gasteiger partial charge in [0.15, 0.2) is 11.5 Å². The van der Waals surface area contributed by atoms with Crippen molar-refractivity contribution < 1.29 is 9.47 Å². The van der Waals surface area contributed by atoms with E-state index in [0.717, 1.165) is 18.0 Å². The molecule has 0 aliphatic carbocycles. The molecule has 0 unspecified atom stereocenters. The molecule has 4 heteroatoms. The van der Waals surface area contributed by atoms with Gasteiger partial charge in [-0.3, -0.25) is 0 Å². The van der Waals surface area contributed by atoms with Crippen molar-refractivity contribution in [3.63, 3.8) is 0 Å². The lowest BCUT2D eigenvalue weighted by Crippen LogP contribution is -2.34. The van der Waals surface area contributed by atoms with Gasteiger partial charge in [-0.2, -0.15) is 0 Å². The average molecular weight is 228 g/mol. The van der Waals surface area contributed by atoms with E-state index in [-0.39, 0.29) is 12.4 Å². The summed E-state index contributed by atoms with van der Waals surface area (Å²) in [6, 6.07) is 6.73. The van der Waals surface area contributed by atoms with E-state index in [1.165, 1.54) is 12.0 Å². The molecule has 3 rings (SSSR count). The van der Waals surface area contributed by atoms with Gasteiger partial charge in [0, 0.05) is 6.04 Å². The fourth-order valence-electron chi connectivity index (χ4n) is 1.85. The summed E-state index contributed by atoms with van der Waals surface area (Å²) in [6.45, 7) is 2.45. The molecule has 2 aliphatic rings. The van der Waals surface area contributed by atoms with E-state index in [2.05, 4.69) is 17.4 Å². The van der Waals surface area contributed by atoms with E-state index in [4.69, 9.17) is 9.47 Å². The topological polar surface area (TPSA) is 30.5 Å². The Bertz CT molecular complexity index is 352. The van der Waals surface area contributed by atoms with E-state index < -0.39 is 0 Å². The lowest BCUT2D eigenvalue weighted by atomic mass is 9.98. The predicted octanol–water partition coefficient (Wildman–Crippen LogP) is 1.91. The van der Waals surface area contributed by atoms with Crippen LogP contribution < -0.4 is 14.8 Å². The van der Waals surface area contributed by atoms with Crippen LogP contribution in [-0.4, -0.2) is 19.8 Å². The van der Waals surface area contributed by atoms with Gasteiger partial charge in [0.25, 0.3) is 0 Å². The van der Waals surface area contributed by atoms with Crippen molar-refractivity contribution in [2.75, 3.05) is 19.8 Å². The number of hydrogen-bond acceptors (Lipinski definition) is 3. The summed E-state index contributed by atoms with van der Waals surface area (Å²) in [6.07, 6.45) is 1.22. The Morgan fingerprint density at radius 2 is 1.87 bits per heavy atom. The first-order valence-electron chi connectivity index (χ1n) is 5.06. The number of benzene rings is 1. The minimum atomic E-state index is 0. The highest BCUT2D eigenvalue weighted by atomic mass is 35.5. The maximum Gasteiger partial charge on any atom is 0.161 e. The van der Waals surface area contributed by atoms with Crippen LogP contribution in [0.15, 0.2) is 18.2 Å². The second-order valence-corrected chi connectivity index (χ2v) is 3.70.